The monoisotopic (exact) mass is 364 g/mol. The van der Waals surface area contributed by atoms with Gasteiger partial charge in [0.15, 0.2) is 17.3 Å². The van der Waals surface area contributed by atoms with Gasteiger partial charge >= 0.3 is 0 Å². The van der Waals surface area contributed by atoms with Gasteiger partial charge in [0, 0.05) is 6.07 Å². The van der Waals surface area contributed by atoms with Crippen LogP contribution in [0.5, 0.6) is 11.5 Å². The molecule has 0 spiro atoms. The molecular formula is C16H13FN2O5S. The number of fused-ring (bicyclic) bond motifs is 1. The molecular weight excluding hydrogens is 351 g/mol. The lowest BCUT2D eigenvalue weighted by molar-refractivity contribution is 0.444. The molecule has 0 saturated carbocycles. The van der Waals surface area contributed by atoms with Crippen molar-refractivity contribution < 1.29 is 22.0 Å². The highest BCUT2D eigenvalue weighted by Crippen LogP contribution is 2.34. The summed E-state index contributed by atoms with van der Waals surface area (Å²) in [6.45, 7) is 0. The van der Waals surface area contributed by atoms with Crippen LogP contribution in [0.15, 0.2) is 51.9 Å². The minimum atomic E-state index is -3.66. The van der Waals surface area contributed by atoms with Gasteiger partial charge in [0.05, 0.1) is 17.3 Å². The fourth-order valence-corrected chi connectivity index (χ4v) is 2.74. The fourth-order valence-electron chi connectivity index (χ4n) is 2.18. The molecule has 0 amide bonds. The second kappa shape index (κ2) is 6.10. The van der Waals surface area contributed by atoms with Crippen molar-refractivity contribution in [3.8, 4) is 11.5 Å². The minimum Gasteiger partial charge on any atom is -0.462 e. The van der Waals surface area contributed by atoms with Crippen LogP contribution in [0.1, 0.15) is 0 Å². The Morgan fingerprint density at radius 2 is 1.92 bits per heavy atom. The third-order valence-electron chi connectivity index (χ3n) is 3.25. The van der Waals surface area contributed by atoms with E-state index in [-0.39, 0.29) is 33.8 Å². The zero-order valence-corrected chi connectivity index (χ0v) is 13.8. The Morgan fingerprint density at radius 3 is 2.60 bits per heavy atom. The molecule has 0 atom stereocenters. The van der Waals surface area contributed by atoms with Crippen molar-refractivity contribution in [2.75, 3.05) is 16.7 Å². The van der Waals surface area contributed by atoms with Crippen LogP contribution >= 0.6 is 0 Å². The van der Waals surface area contributed by atoms with Crippen LogP contribution in [0.25, 0.3) is 11.0 Å². The molecule has 3 N–H and O–H groups in total. The molecule has 0 aliphatic heterocycles. The zero-order valence-electron chi connectivity index (χ0n) is 12.9. The number of para-hydroxylation sites is 1. The van der Waals surface area contributed by atoms with E-state index in [1.807, 2.05) is 0 Å². The lowest BCUT2D eigenvalue weighted by Gasteiger charge is -2.13. The first-order chi connectivity index (χ1) is 11.7. The Morgan fingerprint density at radius 1 is 1.20 bits per heavy atom. The van der Waals surface area contributed by atoms with Gasteiger partial charge in [0.25, 0.3) is 0 Å². The molecule has 0 unspecified atom stereocenters. The van der Waals surface area contributed by atoms with E-state index in [4.69, 9.17) is 14.9 Å². The Kier molecular flexibility index (Phi) is 4.09. The standard InChI is InChI=1S/C16H13FN2O5S/c1-25(21,22)19-12-7-14-9(16(20)11(18)8-23-14)6-15(12)24-13-5-3-2-4-10(13)17/h2-8,19H,18H2,1H3. The molecule has 3 aromatic rings. The molecule has 0 radical (unpaired) electrons. The predicted octanol–water partition coefficient (Wildman–Crippen LogP) is 2.68. The highest BCUT2D eigenvalue weighted by molar-refractivity contribution is 7.92. The molecule has 25 heavy (non-hydrogen) atoms. The molecule has 0 bridgehead atoms. The molecule has 9 heteroatoms. The SMILES string of the molecule is CS(=O)(=O)Nc1cc2occ(N)c(=O)c2cc1Oc1ccccc1F. The molecule has 3 rings (SSSR count). The van der Waals surface area contributed by atoms with Crippen molar-refractivity contribution in [2.45, 2.75) is 0 Å². The van der Waals surface area contributed by atoms with Crippen LogP contribution in [-0.2, 0) is 10.0 Å². The summed E-state index contributed by atoms with van der Waals surface area (Å²) in [5.41, 5.74) is 5.00. The number of nitrogen functional groups attached to an aromatic ring is 1. The number of nitrogens with two attached hydrogens (primary N) is 1. The highest BCUT2D eigenvalue weighted by Gasteiger charge is 2.16. The third kappa shape index (κ3) is 3.56. The van der Waals surface area contributed by atoms with Gasteiger partial charge in [-0.1, -0.05) is 12.1 Å². The molecule has 0 saturated heterocycles. The van der Waals surface area contributed by atoms with Crippen molar-refractivity contribution in [3.63, 3.8) is 0 Å². The number of sulfonamides is 1. The summed E-state index contributed by atoms with van der Waals surface area (Å²) in [7, 11) is -3.66. The van der Waals surface area contributed by atoms with Gasteiger partial charge in [-0.05, 0) is 18.2 Å². The lowest BCUT2D eigenvalue weighted by Crippen LogP contribution is -2.12. The number of hydrogen-bond donors (Lipinski definition) is 2. The molecule has 1 aromatic heterocycles. The summed E-state index contributed by atoms with van der Waals surface area (Å²) < 4.78 is 49.9. The van der Waals surface area contributed by atoms with Gasteiger partial charge in [0.1, 0.15) is 17.5 Å². The van der Waals surface area contributed by atoms with Crippen molar-refractivity contribution in [2.24, 2.45) is 0 Å². The molecule has 0 aliphatic carbocycles. The molecule has 1 heterocycles. The second-order valence-electron chi connectivity index (χ2n) is 5.27. The normalized spacial score (nSPS) is 11.4. The number of rotatable bonds is 4. The van der Waals surface area contributed by atoms with Crippen LogP contribution in [0.4, 0.5) is 15.8 Å². The maximum absolute atomic E-state index is 13.8. The van der Waals surface area contributed by atoms with E-state index in [9.17, 15) is 17.6 Å². The fraction of sp³-hybridized carbons (Fsp3) is 0.0625. The first-order valence-electron chi connectivity index (χ1n) is 7.00. The number of nitrogens with one attached hydrogen (secondary N) is 1. The molecule has 130 valence electrons. The van der Waals surface area contributed by atoms with Gasteiger partial charge in [-0.2, -0.15) is 0 Å². The smallest absolute Gasteiger partial charge is 0.229 e. The van der Waals surface area contributed by atoms with Gasteiger partial charge in [-0.3, -0.25) is 9.52 Å². The van der Waals surface area contributed by atoms with Crippen LogP contribution < -0.4 is 20.6 Å². The summed E-state index contributed by atoms with van der Waals surface area (Å²) >= 11 is 0. The number of halogens is 1. The van der Waals surface area contributed by atoms with E-state index in [0.717, 1.165) is 12.5 Å². The zero-order chi connectivity index (χ0) is 18.2. The summed E-state index contributed by atoms with van der Waals surface area (Å²) in [6.07, 6.45) is 2.01. The Hall–Kier alpha value is -3.07. The lowest BCUT2D eigenvalue weighted by atomic mass is 10.2. The predicted molar refractivity (Wildman–Crippen MR) is 91.8 cm³/mol. The number of benzene rings is 2. The van der Waals surface area contributed by atoms with E-state index in [1.54, 1.807) is 6.07 Å². The first kappa shape index (κ1) is 16.8. The van der Waals surface area contributed by atoms with Crippen molar-refractivity contribution in [3.05, 3.63) is 58.7 Å². The maximum Gasteiger partial charge on any atom is 0.229 e. The number of hydrogen-bond acceptors (Lipinski definition) is 6. The van der Waals surface area contributed by atoms with E-state index in [2.05, 4.69) is 4.72 Å². The van der Waals surface area contributed by atoms with Crippen molar-refractivity contribution >= 4 is 32.4 Å². The Balaban J connectivity index is 2.22. The maximum atomic E-state index is 13.8. The van der Waals surface area contributed by atoms with Crippen LogP contribution in [0, 0.1) is 5.82 Å². The van der Waals surface area contributed by atoms with E-state index < -0.39 is 21.3 Å². The Bertz CT molecular complexity index is 1130. The molecule has 7 nitrogen and oxygen atoms in total. The van der Waals surface area contributed by atoms with Crippen LogP contribution in [-0.4, -0.2) is 14.7 Å². The largest absolute Gasteiger partial charge is 0.462 e. The third-order valence-corrected chi connectivity index (χ3v) is 3.84. The van der Waals surface area contributed by atoms with Crippen molar-refractivity contribution in [1.29, 1.82) is 0 Å². The van der Waals surface area contributed by atoms with E-state index >= 15 is 0 Å². The minimum absolute atomic E-state index is 0.00817. The van der Waals surface area contributed by atoms with E-state index in [1.165, 1.54) is 30.3 Å². The molecule has 0 aliphatic rings. The second-order valence-corrected chi connectivity index (χ2v) is 7.02. The average Bonchev–Trinajstić information content (AvgIpc) is 2.53. The van der Waals surface area contributed by atoms with Crippen LogP contribution in [0.2, 0.25) is 0 Å². The van der Waals surface area contributed by atoms with Crippen molar-refractivity contribution in [1.82, 2.24) is 0 Å². The topological polar surface area (TPSA) is 112 Å². The van der Waals surface area contributed by atoms with E-state index in [0.29, 0.717) is 0 Å². The Labute approximate surface area is 141 Å². The van der Waals surface area contributed by atoms with Gasteiger partial charge in [-0.15, -0.1) is 0 Å². The summed E-state index contributed by atoms with van der Waals surface area (Å²) in [5, 5.41) is 0.0744. The number of ether oxygens (including phenoxy) is 1. The summed E-state index contributed by atoms with van der Waals surface area (Å²) in [4.78, 5) is 12.1. The summed E-state index contributed by atoms with van der Waals surface area (Å²) in [5.74, 6) is -0.847. The summed E-state index contributed by atoms with van der Waals surface area (Å²) in [6, 6.07) is 8.10. The van der Waals surface area contributed by atoms with Gasteiger partial charge in [-0.25, -0.2) is 12.8 Å². The molecule has 0 fully saturated rings. The van der Waals surface area contributed by atoms with Gasteiger partial charge < -0.3 is 14.9 Å². The number of anilines is 2. The highest BCUT2D eigenvalue weighted by atomic mass is 32.2. The molecule has 2 aromatic carbocycles. The van der Waals surface area contributed by atoms with Gasteiger partial charge in [0.2, 0.25) is 15.5 Å². The average molecular weight is 364 g/mol. The first-order valence-corrected chi connectivity index (χ1v) is 8.89. The van der Waals surface area contributed by atoms with Crippen LogP contribution in [0.3, 0.4) is 0 Å². The quantitative estimate of drug-likeness (QED) is 0.736.